The van der Waals surface area contributed by atoms with Crippen molar-refractivity contribution in [3.63, 3.8) is 0 Å². The average molecular weight is 176 g/mol. The number of rotatable bonds is 1. The SMILES string of the molecule is O=C1OCC(C2COC(O)O2)O1. The molecule has 0 saturated carbocycles. The van der Waals surface area contributed by atoms with Crippen LogP contribution >= 0.6 is 0 Å². The largest absolute Gasteiger partial charge is 0.508 e. The van der Waals surface area contributed by atoms with Crippen LogP contribution in [-0.2, 0) is 18.9 Å². The minimum Gasteiger partial charge on any atom is -0.430 e. The Morgan fingerprint density at radius 3 is 2.67 bits per heavy atom. The molecule has 6 heteroatoms. The summed E-state index contributed by atoms with van der Waals surface area (Å²) < 4.78 is 18.8. The van der Waals surface area contributed by atoms with Crippen LogP contribution in [0.4, 0.5) is 4.79 Å². The monoisotopic (exact) mass is 176 g/mol. The fourth-order valence-electron chi connectivity index (χ4n) is 1.13. The van der Waals surface area contributed by atoms with Gasteiger partial charge in [-0.25, -0.2) is 4.79 Å². The zero-order valence-electron chi connectivity index (χ0n) is 6.13. The van der Waals surface area contributed by atoms with Crippen LogP contribution in [0.25, 0.3) is 0 Å². The lowest BCUT2D eigenvalue weighted by Crippen LogP contribution is -2.30. The number of aliphatic hydroxyl groups excluding tert-OH is 1. The summed E-state index contributed by atoms with van der Waals surface area (Å²) >= 11 is 0. The van der Waals surface area contributed by atoms with E-state index in [1.807, 2.05) is 0 Å². The van der Waals surface area contributed by atoms with E-state index in [0.717, 1.165) is 0 Å². The maximum absolute atomic E-state index is 10.5. The summed E-state index contributed by atoms with van der Waals surface area (Å²) in [6.45, 7) is -0.850. The predicted octanol–water partition coefficient (Wildman–Crippen LogP) is -0.787. The highest BCUT2D eigenvalue weighted by atomic mass is 16.8. The van der Waals surface area contributed by atoms with E-state index in [9.17, 15) is 4.79 Å². The maximum atomic E-state index is 10.5. The number of ether oxygens (including phenoxy) is 4. The topological polar surface area (TPSA) is 74.2 Å². The second kappa shape index (κ2) is 2.89. The molecule has 2 saturated heterocycles. The fraction of sp³-hybridized carbons (Fsp3) is 0.833. The molecule has 2 aliphatic rings. The summed E-state index contributed by atoms with van der Waals surface area (Å²) in [4.78, 5) is 10.5. The third kappa shape index (κ3) is 1.36. The molecular weight excluding hydrogens is 168 g/mol. The van der Waals surface area contributed by atoms with Gasteiger partial charge in [-0.15, -0.1) is 0 Å². The molecular formula is C6H8O6. The van der Waals surface area contributed by atoms with Crippen molar-refractivity contribution < 1.29 is 28.8 Å². The molecule has 1 N–H and O–H groups in total. The molecule has 0 aromatic rings. The van der Waals surface area contributed by atoms with Crippen molar-refractivity contribution in [3.8, 4) is 0 Å². The Morgan fingerprint density at radius 1 is 1.33 bits per heavy atom. The van der Waals surface area contributed by atoms with Crippen LogP contribution in [-0.4, -0.2) is 43.2 Å². The highest BCUT2D eigenvalue weighted by Crippen LogP contribution is 2.19. The van der Waals surface area contributed by atoms with E-state index in [0.29, 0.717) is 0 Å². The summed E-state index contributed by atoms with van der Waals surface area (Å²) in [5.41, 5.74) is 0. The van der Waals surface area contributed by atoms with Gasteiger partial charge in [0, 0.05) is 0 Å². The lowest BCUT2D eigenvalue weighted by molar-refractivity contribution is -0.209. The van der Waals surface area contributed by atoms with Crippen LogP contribution in [0.1, 0.15) is 0 Å². The fourth-order valence-corrected chi connectivity index (χ4v) is 1.13. The molecule has 0 spiro atoms. The highest BCUT2D eigenvalue weighted by Gasteiger charge is 2.38. The molecule has 6 nitrogen and oxygen atoms in total. The molecule has 2 heterocycles. The first kappa shape index (κ1) is 7.78. The normalized spacial score (nSPS) is 41.1. The summed E-state index contributed by atoms with van der Waals surface area (Å²) in [5.74, 6) is 0. The van der Waals surface area contributed by atoms with Crippen LogP contribution in [0.5, 0.6) is 0 Å². The number of hydrogen-bond donors (Lipinski definition) is 1. The minimum absolute atomic E-state index is 0.152. The minimum atomic E-state index is -1.21. The van der Waals surface area contributed by atoms with E-state index in [4.69, 9.17) is 19.3 Å². The van der Waals surface area contributed by atoms with Crippen molar-refractivity contribution >= 4 is 6.16 Å². The van der Waals surface area contributed by atoms with E-state index in [2.05, 4.69) is 4.74 Å². The second-order valence-electron chi connectivity index (χ2n) is 2.53. The van der Waals surface area contributed by atoms with Crippen LogP contribution < -0.4 is 0 Å². The van der Waals surface area contributed by atoms with Crippen molar-refractivity contribution in [2.45, 2.75) is 18.7 Å². The van der Waals surface area contributed by atoms with Crippen LogP contribution in [0.2, 0.25) is 0 Å². The number of carbonyl (C=O) groups is 1. The van der Waals surface area contributed by atoms with Crippen molar-refractivity contribution in [1.82, 2.24) is 0 Å². The third-order valence-corrected chi connectivity index (χ3v) is 1.72. The van der Waals surface area contributed by atoms with Crippen LogP contribution in [0.3, 0.4) is 0 Å². The number of aliphatic hydroxyl groups is 1. The Balaban J connectivity index is 1.89. The lowest BCUT2D eigenvalue weighted by atomic mass is 10.2. The van der Waals surface area contributed by atoms with Crippen molar-refractivity contribution in [2.75, 3.05) is 13.2 Å². The summed E-state index contributed by atoms with van der Waals surface area (Å²) in [6, 6.07) is 0. The third-order valence-electron chi connectivity index (χ3n) is 1.72. The summed E-state index contributed by atoms with van der Waals surface area (Å²) in [6.07, 6.45) is -1.59. The van der Waals surface area contributed by atoms with E-state index in [1.165, 1.54) is 0 Å². The molecule has 68 valence electrons. The molecule has 2 aliphatic heterocycles. The second-order valence-corrected chi connectivity index (χ2v) is 2.53. The molecule has 0 aromatic heterocycles. The molecule has 0 aromatic carbocycles. The van der Waals surface area contributed by atoms with Crippen molar-refractivity contribution in [1.29, 1.82) is 0 Å². The molecule has 0 bridgehead atoms. The van der Waals surface area contributed by atoms with Gasteiger partial charge in [-0.3, -0.25) is 0 Å². The van der Waals surface area contributed by atoms with Crippen molar-refractivity contribution in [2.24, 2.45) is 0 Å². The van der Waals surface area contributed by atoms with Crippen LogP contribution in [0, 0.1) is 0 Å². The number of hydrogen-bond acceptors (Lipinski definition) is 6. The standard InChI is InChI=1S/C6H8O6/c7-5-9-1-3(11-5)4-2-10-6(8)12-4/h3-5,7H,1-2H2. The number of carbonyl (C=O) groups excluding carboxylic acids is 1. The smallest absolute Gasteiger partial charge is 0.430 e. The van der Waals surface area contributed by atoms with E-state index in [-0.39, 0.29) is 13.2 Å². The van der Waals surface area contributed by atoms with Gasteiger partial charge in [0.25, 0.3) is 6.48 Å². The van der Waals surface area contributed by atoms with Gasteiger partial charge in [0.1, 0.15) is 12.7 Å². The molecule has 2 rings (SSSR count). The summed E-state index contributed by atoms with van der Waals surface area (Å²) in [5, 5.41) is 8.80. The first-order valence-electron chi connectivity index (χ1n) is 3.54. The van der Waals surface area contributed by atoms with Gasteiger partial charge in [-0.05, 0) is 0 Å². The lowest BCUT2D eigenvalue weighted by Gasteiger charge is -2.11. The first-order chi connectivity index (χ1) is 5.75. The van der Waals surface area contributed by atoms with Gasteiger partial charge in [0.2, 0.25) is 0 Å². The van der Waals surface area contributed by atoms with E-state index in [1.54, 1.807) is 0 Å². The maximum Gasteiger partial charge on any atom is 0.508 e. The van der Waals surface area contributed by atoms with Crippen molar-refractivity contribution in [3.05, 3.63) is 0 Å². The Labute approximate surface area is 68.0 Å². The van der Waals surface area contributed by atoms with Gasteiger partial charge in [-0.1, -0.05) is 0 Å². The van der Waals surface area contributed by atoms with Gasteiger partial charge in [0.15, 0.2) is 6.10 Å². The van der Waals surface area contributed by atoms with E-state index < -0.39 is 24.8 Å². The van der Waals surface area contributed by atoms with Gasteiger partial charge in [0.05, 0.1) is 6.61 Å². The van der Waals surface area contributed by atoms with Crippen LogP contribution in [0.15, 0.2) is 0 Å². The van der Waals surface area contributed by atoms with Gasteiger partial charge in [-0.2, -0.15) is 0 Å². The highest BCUT2D eigenvalue weighted by molar-refractivity contribution is 5.61. The first-order valence-corrected chi connectivity index (χ1v) is 3.54. The van der Waals surface area contributed by atoms with Gasteiger partial charge >= 0.3 is 6.16 Å². The Hall–Kier alpha value is -0.850. The Bertz CT molecular complexity index is 192. The molecule has 12 heavy (non-hydrogen) atoms. The number of cyclic esters (lactones) is 2. The zero-order chi connectivity index (χ0) is 8.55. The Morgan fingerprint density at radius 2 is 2.17 bits per heavy atom. The predicted molar refractivity (Wildman–Crippen MR) is 33.1 cm³/mol. The molecule has 2 fully saturated rings. The zero-order valence-corrected chi connectivity index (χ0v) is 6.13. The average Bonchev–Trinajstić information content (AvgIpc) is 2.58. The molecule has 0 radical (unpaired) electrons. The quantitative estimate of drug-likeness (QED) is 0.528. The molecule has 0 amide bonds. The molecule has 3 unspecified atom stereocenters. The molecule has 3 atom stereocenters. The summed E-state index contributed by atoms with van der Waals surface area (Å²) in [7, 11) is 0. The Kier molecular flexibility index (Phi) is 1.87. The van der Waals surface area contributed by atoms with E-state index >= 15 is 0 Å². The molecule has 0 aliphatic carbocycles. The van der Waals surface area contributed by atoms with Gasteiger partial charge < -0.3 is 24.1 Å².